The summed E-state index contributed by atoms with van der Waals surface area (Å²) in [6, 6.07) is 5.85. The quantitative estimate of drug-likeness (QED) is 0.376. The zero-order chi connectivity index (χ0) is 26.1. The summed E-state index contributed by atoms with van der Waals surface area (Å²) >= 11 is 5.79. The highest BCUT2D eigenvalue weighted by Gasteiger charge is 2.23. The SMILES string of the molecule is CCC(F)(F)F.CN(CC#N)C(=O)Nc1cc(OF)c(C(=O)Nc2c(F)cccc2Cl)cc1F. The third-order valence-electron chi connectivity index (χ3n) is 3.90. The van der Waals surface area contributed by atoms with Gasteiger partial charge in [-0.05, 0) is 18.2 Å². The molecular weight excluding hydrogens is 494 g/mol. The zero-order valence-electron chi connectivity index (χ0n) is 17.6. The highest BCUT2D eigenvalue weighted by molar-refractivity contribution is 6.34. The molecule has 0 fully saturated rings. The number of nitriles is 1. The Morgan fingerprint density at radius 3 is 2.29 bits per heavy atom. The van der Waals surface area contributed by atoms with Gasteiger partial charge in [0.25, 0.3) is 5.91 Å². The fourth-order valence-corrected chi connectivity index (χ4v) is 2.29. The Kier molecular flexibility index (Phi) is 10.5. The number of alkyl halides is 3. The lowest BCUT2D eigenvalue weighted by atomic mass is 10.1. The molecule has 0 heterocycles. The predicted octanol–water partition coefficient (Wildman–Crippen LogP) is 6.08. The number of carbonyl (C=O) groups is 2. The normalized spacial score (nSPS) is 10.4. The molecule has 0 aromatic heterocycles. The predicted molar refractivity (Wildman–Crippen MR) is 111 cm³/mol. The molecule has 0 saturated carbocycles. The van der Waals surface area contributed by atoms with E-state index in [9.17, 15) is 36.1 Å². The van der Waals surface area contributed by atoms with E-state index < -0.39 is 53.2 Å². The molecule has 2 aromatic rings. The molecule has 7 nitrogen and oxygen atoms in total. The number of hydrogen-bond donors (Lipinski definition) is 2. The lowest BCUT2D eigenvalue weighted by Gasteiger charge is -2.16. The number of nitrogens with zero attached hydrogens (tertiary/aromatic N) is 2. The van der Waals surface area contributed by atoms with Crippen LogP contribution in [0.2, 0.25) is 5.02 Å². The van der Waals surface area contributed by atoms with Crippen molar-refractivity contribution in [2.75, 3.05) is 24.2 Å². The first-order valence-electron chi connectivity index (χ1n) is 9.17. The first kappa shape index (κ1) is 28.4. The number of hydrogen-bond acceptors (Lipinski definition) is 4. The van der Waals surface area contributed by atoms with Crippen LogP contribution in [0.3, 0.4) is 0 Å². The minimum Gasteiger partial charge on any atom is -0.318 e. The van der Waals surface area contributed by atoms with Gasteiger partial charge in [0.2, 0.25) is 0 Å². The number of nitrogens with one attached hydrogen (secondary N) is 2. The molecule has 0 aliphatic carbocycles. The molecule has 14 heteroatoms. The van der Waals surface area contributed by atoms with Gasteiger partial charge in [-0.25, -0.2) is 13.6 Å². The van der Waals surface area contributed by atoms with E-state index in [2.05, 4.69) is 15.6 Å². The molecule has 0 spiro atoms. The molecular formula is C20H17ClF6N4O3. The van der Waals surface area contributed by atoms with Crippen LogP contribution in [-0.2, 0) is 0 Å². The second-order valence-corrected chi connectivity index (χ2v) is 6.78. The van der Waals surface area contributed by atoms with Crippen molar-refractivity contribution in [1.29, 1.82) is 5.26 Å². The maximum absolute atomic E-state index is 14.3. The van der Waals surface area contributed by atoms with Crippen molar-refractivity contribution < 1.29 is 41.0 Å². The Morgan fingerprint density at radius 1 is 1.18 bits per heavy atom. The van der Waals surface area contributed by atoms with Crippen LogP contribution in [0.5, 0.6) is 5.75 Å². The van der Waals surface area contributed by atoms with Crippen molar-refractivity contribution in [3.63, 3.8) is 0 Å². The van der Waals surface area contributed by atoms with Crippen molar-refractivity contribution >= 4 is 34.9 Å². The summed E-state index contributed by atoms with van der Waals surface area (Å²) in [6.45, 7) is 0.809. The average Bonchev–Trinajstić information content (AvgIpc) is 2.77. The molecule has 0 unspecified atom stereocenters. The van der Waals surface area contributed by atoms with Crippen LogP contribution in [0.1, 0.15) is 23.7 Å². The number of rotatable bonds is 5. The standard InChI is InChI=1S/C17H12ClF3N4O3.C3H5F3/c1-25(6-5-22)17(27)23-13-8-14(28-21)9(7-12(13)20)16(26)24-15-10(18)3-2-4-11(15)19;1-2-3(4,5)6/h2-4,7-8H,6H2,1H3,(H,23,27)(H,24,26);2H2,1H3. The summed E-state index contributed by atoms with van der Waals surface area (Å²) < 4.78 is 73.3. The summed E-state index contributed by atoms with van der Waals surface area (Å²) in [5.41, 5.74) is -1.49. The van der Waals surface area contributed by atoms with Gasteiger partial charge < -0.3 is 15.5 Å². The molecule has 2 aromatic carbocycles. The number of carbonyl (C=O) groups excluding carboxylic acids is 2. The minimum atomic E-state index is -3.96. The number of amides is 3. The third-order valence-corrected chi connectivity index (χ3v) is 4.21. The van der Waals surface area contributed by atoms with E-state index in [4.69, 9.17) is 16.9 Å². The number of anilines is 2. The van der Waals surface area contributed by atoms with Gasteiger partial charge >= 0.3 is 12.2 Å². The topological polar surface area (TPSA) is 94.5 Å². The number of urea groups is 1. The number of benzene rings is 2. The van der Waals surface area contributed by atoms with Crippen molar-refractivity contribution in [3.8, 4) is 11.8 Å². The van der Waals surface area contributed by atoms with Gasteiger partial charge in [0.05, 0.1) is 28.0 Å². The van der Waals surface area contributed by atoms with Crippen molar-refractivity contribution in [2.45, 2.75) is 19.5 Å². The van der Waals surface area contributed by atoms with E-state index in [-0.39, 0.29) is 17.3 Å². The minimum absolute atomic E-state index is 0.124. The average molecular weight is 511 g/mol. The molecule has 0 aliphatic heterocycles. The van der Waals surface area contributed by atoms with Crippen LogP contribution < -0.4 is 15.6 Å². The van der Waals surface area contributed by atoms with E-state index in [0.29, 0.717) is 6.07 Å². The number of para-hydroxylation sites is 1. The first-order valence-corrected chi connectivity index (χ1v) is 9.55. The lowest BCUT2D eigenvalue weighted by Crippen LogP contribution is -2.31. The van der Waals surface area contributed by atoms with Gasteiger partial charge in [-0.1, -0.05) is 24.6 Å². The van der Waals surface area contributed by atoms with Crippen molar-refractivity contribution in [2.24, 2.45) is 0 Å². The molecule has 2 rings (SSSR count). The van der Waals surface area contributed by atoms with Crippen LogP contribution in [0.4, 0.5) is 42.6 Å². The van der Waals surface area contributed by atoms with Crippen LogP contribution in [0.25, 0.3) is 0 Å². The molecule has 0 saturated heterocycles. The van der Waals surface area contributed by atoms with Gasteiger partial charge in [-0.3, -0.25) is 9.74 Å². The number of halogens is 7. The molecule has 0 aliphatic rings. The third kappa shape index (κ3) is 8.36. The molecule has 2 N–H and O–H groups in total. The van der Waals surface area contributed by atoms with E-state index >= 15 is 0 Å². The largest absolute Gasteiger partial charge is 0.388 e. The van der Waals surface area contributed by atoms with Gasteiger partial charge in [0, 0.05) is 24.1 Å². The Morgan fingerprint density at radius 2 is 1.79 bits per heavy atom. The highest BCUT2D eigenvalue weighted by Crippen LogP contribution is 2.30. The van der Waals surface area contributed by atoms with Gasteiger partial charge in [0.1, 0.15) is 18.2 Å². The Bertz CT molecular complexity index is 1060. The van der Waals surface area contributed by atoms with Crippen molar-refractivity contribution in [1.82, 2.24) is 4.90 Å². The fourth-order valence-electron chi connectivity index (χ4n) is 2.08. The molecule has 0 atom stereocenters. The molecule has 3 amide bonds. The van der Waals surface area contributed by atoms with E-state index in [0.717, 1.165) is 24.0 Å². The van der Waals surface area contributed by atoms with Crippen LogP contribution in [0, 0.1) is 23.0 Å². The van der Waals surface area contributed by atoms with E-state index in [1.807, 2.05) is 0 Å². The summed E-state index contributed by atoms with van der Waals surface area (Å²) in [7, 11) is 1.28. The molecule has 0 bridgehead atoms. The van der Waals surface area contributed by atoms with Crippen LogP contribution >= 0.6 is 11.6 Å². The van der Waals surface area contributed by atoms with Gasteiger partial charge in [-0.15, -0.1) is 0 Å². The van der Waals surface area contributed by atoms with Gasteiger partial charge in [-0.2, -0.15) is 18.4 Å². The smallest absolute Gasteiger partial charge is 0.318 e. The molecule has 184 valence electrons. The summed E-state index contributed by atoms with van der Waals surface area (Å²) in [6.07, 6.45) is -4.69. The second-order valence-electron chi connectivity index (χ2n) is 6.37. The monoisotopic (exact) mass is 510 g/mol. The highest BCUT2D eigenvalue weighted by atomic mass is 35.5. The summed E-state index contributed by atoms with van der Waals surface area (Å²) in [5, 5.41) is 12.6. The van der Waals surface area contributed by atoms with Gasteiger partial charge in [0.15, 0.2) is 5.75 Å². The van der Waals surface area contributed by atoms with Crippen molar-refractivity contribution in [3.05, 3.63) is 52.6 Å². The summed E-state index contributed by atoms with van der Waals surface area (Å²) in [5.74, 6) is -3.78. The Labute approximate surface area is 194 Å². The Balaban J connectivity index is 0.000000852. The second kappa shape index (κ2) is 12.5. The maximum atomic E-state index is 14.3. The van der Waals surface area contributed by atoms with E-state index in [1.165, 1.54) is 19.2 Å². The van der Waals surface area contributed by atoms with E-state index in [1.54, 1.807) is 6.07 Å². The molecule has 34 heavy (non-hydrogen) atoms. The maximum Gasteiger partial charge on any atom is 0.388 e. The van der Waals surface area contributed by atoms with Crippen LogP contribution in [0.15, 0.2) is 30.3 Å². The molecule has 0 radical (unpaired) electrons. The fraction of sp³-hybridized carbons (Fsp3) is 0.250. The van der Waals surface area contributed by atoms with Crippen LogP contribution in [-0.4, -0.2) is 36.6 Å². The lowest BCUT2D eigenvalue weighted by molar-refractivity contribution is -0.130. The zero-order valence-corrected chi connectivity index (χ0v) is 18.3. The Hall–Kier alpha value is -3.66. The first-order chi connectivity index (χ1) is 15.8. The summed E-state index contributed by atoms with van der Waals surface area (Å²) in [4.78, 5) is 28.6.